The van der Waals surface area contributed by atoms with E-state index in [1.54, 1.807) is 6.92 Å². The number of hydrogen-bond acceptors (Lipinski definition) is 5. The fourth-order valence-corrected chi connectivity index (χ4v) is 5.21. The lowest BCUT2D eigenvalue weighted by atomic mass is 9.92. The maximum atomic E-state index is 13.0. The number of fused-ring (bicyclic) bond motifs is 1. The van der Waals surface area contributed by atoms with Crippen LogP contribution in [0.5, 0.6) is 0 Å². The molecule has 1 aliphatic carbocycles. The standard InChI is InChI=1S/C19H28N4O3S/c1-13-17(12-26-21-13)27(24,25)22-8-7-16-15(11-22)20-18(9-19(2,3)4)23(16)10-14-5-6-14/h12,14H,5-11H2,1-4H3. The summed E-state index contributed by atoms with van der Waals surface area (Å²) in [4.78, 5) is 5.05. The lowest BCUT2D eigenvalue weighted by molar-refractivity contribution is 0.376. The first kappa shape index (κ1) is 18.7. The minimum Gasteiger partial charge on any atom is -0.363 e. The quantitative estimate of drug-likeness (QED) is 0.781. The highest BCUT2D eigenvalue weighted by Crippen LogP contribution is 2.35. The summed E-state index contributed by atoms with van der Waals surface area (Å²) >= 11 is 0. The van der Waals surface area contributed by atoms with Crippen molar-refractivity contribution in [3.63, 3.8) is 0 Å². The Morgan fingerprint density at radius 3 is 2.63 bits per heavy atom. The molecule has 2 aromatic rings. The van der Waals surface area contributed by atoms with Crippen LogP contribution in [-0.4, -0.2) is 34.0 Å². The predicted octanol–water partition coefficient (Wildman–Crippen LogP) is 2.93. The molecule has 0 amide bonds. The van der Waals surface area contributed by atoms with Gasteiger partial charge in [0.25, 0.3) is 0 Å². The van der Waals surface area contributed by atoms with Gasteiger partial charge >= 0.3 is 0 Å². The molecule has 0 unspecified atom stereocenters. The first-order valence-corrected chi connectivity index (χ1v) is 11.1. The minimum absolute atomic E-state index is 0.139. The van der Waals surface area contributed by atoms with Gasteiger partial charge in [-0.15, -0.1) is 0 Å². The third kappa shape index (κ3) is 3.69. The summed E-state index contributed by atoms with van der Waals surface area (Å²) < 4.78 is 34.7. The van der Waals surface area contributed by atoms with E-state index in [-0.39, 0.29) is 10.3 Å². The van der Waals surface area contributed by atoms with E-state index in [1.165, 1.54) is 29.1 Å². The Bertz CT molecular complexity index is 948. The van der Waals surface area contributed by atoms with Crippen LogP contribution in [0.2, 0.25) is 0 Å². The summed E-state index contributed by atoms with van der Waals surface area (Å²) in [5.74, 6) is 1.85. The highest BCUT2D eigenvalue weighted by atomic mass is 32.2. The van der Waals surface area contributed by atoms with E-state index in [4.69, 9.17) is 9.51 Å². The van der Waals surface area contributed by atoms with E-state index in [2.05, 4.69) is 30.5 Å². The van der Waals surface area contributed by atoms with Gasteiger partial charge in [0.15, 0.2) is 0 Å². The van der Waals surface area contributed by atoms with Crippen LogP contribution in [0.25, 0.3) is 0 Å². The van der Waals surface area contributed by atoms with Gasteiger partial charge in [-0.2, -0.15) is 4.31 Å². The molecule has 148 valence electrons. The number of nitrogens with zero attached hydrogens (tertiary/aromatic N) is 4. The third-order valence-corrected chi connectivity index (χ3v) is 7.25. The molecule has 27 heavy (non-hydrogen) atoms. The average molecular weight is 393 g/mol. The number of hydrogen-bond donors (Lipinski definition) is 0. The average Bonchev–Trinajstić information content (AvgIpc) is 3.18. The van der Waals surface area contributed by atoms with Crippen molar-refractivity contribution in [3.8, 4) is 0 Å². The minimum atomic E-state index is -3.61. The summed E-state index contributed by atoms with van der Waals surface area (Å²) in [5.41, 5.74) is 2.66. The molecule has 0 N–H and O–H groups in total. The van der Waals surface area contributed by atoms with Gasteiger partial charge in [-0.05, 0) is 31.1 Å². The summed E-state index contributed by atoms with van der Waals surface area (Å²) in [6, 6.07) is 0. The maximum Gasteiger partial charge on any atom is 0.248 e. The smallest absolute Gasteiger partial charge is 0.248 e. The van der Waals surface area contributed by atoms with Gasteiger partial charge in [0, 0.05) is 31.6 Å². The second-order valence-electron chi connectivity index (χ2n) is 9.07. The van der Waals surface area contributed by atoms with Crippen LogP contribution in [-0.2, 0) is 36.0 Å². The first-order chi connectivity index (χ1) is 12.6. The lowest BCUT2D eigenvalue weighted by Gasteiger charge is -2.26. The number of rotatable bonds is 5. The van der Waals surface area contributed by atoms with Crippen molar-refractivity contribution in [2.24, 2.45) is 11.3 Å². The molecule has 0 radical (unpaired) electrons. The molecule has 7 nitrogen and oxygen atoms in total. The molecule has 1 aliphatic heterocycles. The first-order valence-electron chi connectivity index (χ1n) is 9.63. The van der Waals surface area contributed by atoms with Gasteiger partial charge < -0.3 is 9.09 Å². The second-order valence-corrected chi connectivity index (χ2v) is 11.0. The Kier molecular flexibility index (Phi) is 4.46. The van der Waals surface area contributed by atoms with Crippen molar-refractivity contribution in [2.45, 2.75) is 71.4 Å². The molecule has 0 spiro atoms. The van der Waals surface area contributed by atoms with Crippen molar-refractivity contribution in [2.75, 3.05) is 6.54 Å². The normalized spacial score (nSPS) is 18.7. The van der Waals surface area contributed by atoms with Crippen molar-refractivity contribution in [1.82, 2.24) is 19.0 Å². The molecule has 0 aromatic carbocycles. The SMILES string of the molecule is Cc1nocc1S(=O)(=O)N1CCc2c(nc(CC(C)(C)C)n2CC2CC2)C1. The molecule has 0 atom stereocenters. The monoisotopic (exact) mass is 392 g/mol. The van der Waals surface area contributed by atoms with Gasteiger partial charge in [0.1, 0.15) is 22.7 Å². The van der Waals surface area contributed by atoms with Crippen LogP contribution in [0, 0.1) is 18.3 Å². The molecule has 2 aromatic heterocycles. The van der Waals surface area contributed by atoms with Gasteiger partial charge in [-0.3, -0.25) is 0 Å². The van der Waals surface area contributed by atoms with E-state index in [9.17, 15) is 8.42 Å². The highest BCUT2D eigenvalue weighted by Gasteiger charge is 2.35. The fourth-order valence-electron chi connectivity index (χ4n) is 3.73. The third-order valence-electron chi connectivity index (χ3n) is 5.31. The van der Waals surface area contributed by atoms with Crippen LogP contribution in [0.3, 0.4) is 0 Å². The van der Waals surface area contributed by atoms with Crippen LogP contribution < -0.4 is 0 Å². The van der Waals surface area contributed by atoms with E-state index in [1.807, 2.05) is 0 Å². The molecular weight excluding hydrogens is 364 g/mol. The number of imidazole rings is 1. The van der Waals surface area contributed by atoms with Crippen molar-refractivity contribution in [3.05, 3.63) is 29.2 Å². The summed E-state index contributed by atoms with van der Waals surface area (Å²) in [6.07, 6.45) is 5.38. The van der Waals surface area contributed by atoms with Gasteiger partial charge in [-0.25, -0.2) is 13.4 Å². The van der Waals surface area contributed by atoms with E-state index < -0.39 is 10.0 Å². The number of aryl methyl sites for hydroxylation is 1. The fraction of sp³-hybridized carbons (Fsp3) is 0.684. The lowest BCUT2D eigenvalue weighted by Crippen LogP contribution is -2.36. The number of sulfonamides is 1. The predicted molar refractivity (Wildman–Crippen MR) is 101 cm³/mol. The molecule has 0 bridgehead atoms. The van der Waals surface area contributed by atoms with Crippen LogP contribution >= 0.6 is 0 Å². The number of aromatic nitrogens is 3. The Morgan fingerprint density at radius 1 is 1.30 bits per heavy atom. The molecule has 4 rings (SSSR count). The van der Waals surface area contributed by atoms with Crippen LogP contribution in [0.15, 0.2) is 15.7 Å². The Hall–Kier alpha value is -1.67. The molecule has 0 saturated heterocycles. The van der Waals surface area contributed by atoms with Crippen molar-refractivity contribution in [1.29, 1.82) is 0 Å². The van der Waals surface area contributed by atoms with Gasteiger partial charge in [-0.1, -0.05) is 25.9 Å². The van der Waals surface area contributed by atoms with Crippen molar-refractivity contribution < 1.29 is 12.9 Å². The van der Waals surface area contributed by atoms with E-state index >= 15 is 0 Å². The van der Waals surface area contributed by atoms with Crippen LogP contribution in [0.4, 0.5) is 0 Å². The van der Waals surface area contributed by atoms with Crippen molar-refractivity contribution >= 4 is 10.0 Å². The van der Waals surface area contributed by atoms with Gasteiger partial charge in [0.05, 0.1) is 12.2 Å². The Balaban J connectivity index is 1.65. The Labute approximate surface area is 160 Å². The second kappa shape index (κ2) is 6.44. The molecule has 3 heterocycles. The van der Waals surface area contributed by atoms with Gasteiger partial charge in [0.2, 0.25) is 10.0 Å². The summed E-state index contributed by atoms with van der Waals surface area (Å²) in [6.45, 7) is 10.1. The molecule has 2 aliphatic rings. The zero-order chi connectivity index (χ0) is 19.4. The molecule has 1 fully saturated rings. The van der Waals surface area contributed by atoms with E-state index in [0.29, 0.717) is 25.2 Å². The summed E-state index contributed by atoms with van der Waals surface area (Å²) in [7, 11) is -3.61. The largest absolute Gasteiger partial charge is 0.363 e. The Morgan fingerprint density at radius 2 is 2.04 bits per heavy atom. The van der Waals surface area contributed by atoms with E-state index in [0.717, 1.165) is 30.4 Å². The zero-order valence-corrected chi connectivity index (χ0v) is 17.3. The maximum absolute atomic E-state index is 13.0. The molecular formula is C19H28N4O3S. The molecule has 8 heteroatoms. The zero-order valence-electron chi connectivity index (χ0n) is 16.5. The summed E-state index contributed by atoms with van der Waals surface area (Å²) in [5, 5.41) is 3.72. The highest BCUT2D eigenvalue weighted by molar-refractivity contribution is 7.89. The topological polar surface area (TPSA) is 81.2 Å². The van der Waals surface area contributed by atoms with Crippen LogP contribution in [0.1, 0.15) is 56.5 Å². The molecule has 1 saturated carbocycles.